The number of fused-ring (bicyclic) bond motifs is 2. The third-order valence-corrected chi connectivity index (χ3v) is 8.25. The van der Waals surface area contributed by atoms with E-state index in [1.807, 2.05) is 60.7 Å². The molecule has 1 N–H and O–H groups in total. The average Bonchev–Trinajstić information content (AvgIpc) is 3.60. The van der Waals surface area contributed by atoms with Gasteiger partial charge in [-0.15, -0.1) is 11.3 Å². The summed E-state index contributed by atoms with van der Waals surface area (Å²) in [4.78, 5) is 48.1. The molecule has 2 saturated heterocycles. The van der Waals surface area contributed by atoms with E-state index < -0.39 is 12.2 Å². The zero-order valence-electron chi connectivity index (χ0n) is 21.7. The first-order chi connectivity index (χ1) is 19.4. The van der Waals surface area contributed by atoms with Gasteiger partial charge in [-0.3, -0.25) is 14.6 Å². The zero-order valence-corrected chi connectivity index (χ0v) is 22.6. The van der Waals surface area contributed by atoms with Gasteiger partial charge in [-0.05, 0) is 22.8 Å². The molecule has 40 heavy (non-hydrogen) atoms. The zero-order chi connectivity index (χ0) is 27.8. The molecule has 0 bridgehead atoms. The monoisotopic (exact) mass is 558 g/mol. The molecule has 6 rings (SSSR count). The fraction of sp³-hybridized carbons (Fsp3) is 0.241. The van der Waals surface area contributed by atoms with Gasteiger partial charge in [-0.25, -0.2) is 14.2 Å². The van der Waals surface area contributed by atoms with Crippen molar-refractivity contribution in [2.24, 2.45) is 0 Å². The second-order valence-electron chi connectivity index (χ2n) is 9.82. The molecule has 11 heteroatoms. The number of rotatable bonds is 6. The van der Waals surface area contributed by atoms with E-state index >= 15 is 0 Å². The highest BCUT2D eigenvalue weighted by Gasteiger charge is 2.52. The number of hydrazine groups is 1. The molecule has 0 unspecified atom stereocenters. The molecule has 2 fully saturated rings. The molecule has 1 aromatic heterocycles. The van der Waals surface area contributed by atoms with Crippen LogP contribution in [0.5, 0.6) is 0 Å². The van der Waals surface area contributed by atoms with Crippen LogP contribution in [0.25, 0.3) is 10.2 Å². The predicted molar refractivity (Wildman–Crippen MR) is 148 cm³/mol. The summed E-state index contributed by atoms with van der Waals surface area (Å²) in [5, 5.41) is 6.01. The molecule has 0 aliphatic carbocycles. The van der Waals surface area contributed by atoms with Gasteiger partial charge in [0.2, 0.25) is 5.91 Å². The van der Waals surface area contributed by atoms with Gasteiger partial charge in [0.1, 0.15) is 18.0 Å². The summed E-state index contributed by atoms with van der Waals surface area (Å²) in [6, 6.07) is 20.5. The largest absolute Gasteiger partial charge is 0.333 e. The minimum Gasteiger partial charge on any atom is -0.333 e. The van der Waals surface area contributed by atoms with Gasteiger partial charge < -0.3 is 15.1 Å². The standard InChI is InChI=1S/C29H27FN6O3S/c1-33(29(39)31-14-19-8-4-2-5-9-19)35-17-24(37)36-23(35)16-34(28(38)26(36)20-10-6-3-7-11-20)15-21-12-13-22(30)27-25(21)32-18-40-27/h2-13,18,23,26H,14-17H2,1H3,(H,31,39)/t23-,26+/m1/s1. The molecule has 0 saturated carbocycles. The number of thiazole rings is 1. The van der Waals surface area contributed by atoms with Gasteiger partial charge in [-0.1, -0.05) is 66.7 Å². The molecule has 3 aromatic carbocycles. The number of hydrogen-bond donors (Lipinski definition) is 1. The van der Waals surface area contributed by atoms with Gasteiger partial charge in [0, 0.05) is 20.1 Å². The molecule has 2 atom stereocenters. The maximum atomic E-state index is 14.3. The smallest absolute Gasteiger partial charge is 0.332 e. The van der Waals surface area contributed by atoms with Crippen molar-refractivity contribution in [3.8, 4) is 0 Å². The van der Waals surface area contributed by atoms with Crippen LogP contribution in [0.2, 0.25) is 0 Å². The Kier molecular flexibility index (Phi) is 6.91. The second-order valence-corrected chi connectivity index (χ2v) is 10.7. The Morgan fingerprint density at radius 2 is 1.80 bits per heavy atom. The molecule has 4 aromatic rings. The van der Waals surface area contributed by atoms with Crippen LogP contribution < -0.4 is 5.32 Å². The Hall–Kier alpha value is -4.35. The van der Waals surface area contributed by atoms with Crippen LogP contribution >= 0.6 is 11.3 Å². The van der Waals surface area contributed by atoms with E-state index in [4.69, 9.17) is 0 Å². The third-order valence-electron chi connectivity index (χ3n) is 7.42. The number of carbonyl (C=O) groups excluding carboxylic acids is 3. The minimum absolute atomic E-state index is 0.0444. The highest BCUT2D eigenvalue weighted by atomic mass is 32.1. The Balaban J connectivity index is 1.30. The molecule has 3 heterocycles. The number of amides is 4. The van der Waals surface area contributed by atoms with Gasteiger partial charge in [0.05, 0.1) is 28.8 Å². The summed E-state index contributed by atoms with van der Waals surface area (Å²) in [7, 11) is 1.62. The van der Waals surface area contributed by atoms with E-state index in [0.29, 0.717) is 22.3 Å². The van der Waals surface area contributed by atoms with Crippen molar-refractivity contribution in [3.63, 3.8) is 0 Å². The Morgan fingerprint density at radius 3 is 2.55 bits per heavy atom. The molecular weight excluding hydrogens is 531 g/mol. The van der Waals surface area contributed by atoms with Crippen LogP contribution in [-0.2, 0) is 22.7 Å². The summed E-state index contributed by atoms with van der Waals surface area (Å²) in [5.74, 6) is -0.824. The van der Waals surface area contributed by atoms with Crippen LogP contribution in [0.4, 0.5) is 9.18 Å². The van der Waals surface area contributed by atoms with E-state index in [1.54, 1.807) is 33.4 Å². The van der Waals surface area contributed by atoms with Crippen LogP contribution in [0, 0.1) is 5.82 Å². The lowest BCUT2D eigenvalue weighted by Gasteiger charge is -2.45. The van der Waals surface area contributed by atoms with E-state index in [-0.39, 0.29) is 43.3 Å². The van der Waals surface area contributed by atoms with Crippen LogP contribution in [0.15, 0.2) is 78.3 Å². The highest BCUT2D eigenvalue weighted by molar-refractivity contribution is 7.16. The van der Waals surface area contributed by atoms with Gasteiger partial charge in [0.15, 0.2) is 0 Å². The SMILES string of the molecule is CN(C(=O)NCc1ccccc1)N1CC(=O)N2[C@@H](c3ccccc3)C(=O)N(Cc3ccc(F)c4scnc34)C[C@@H]21. The van der Waals surface area contributed by atoms with Crippen molar-refractivity contribution in [2.75, 3.05) is 20.1 Å². The quantitative estimate of drug-likeness (QED) is 0.390. The summed E-state index contributed by atoms with van der Waals surface area (Å²) in [6.45, 7) is 0.662. The number of nitrogens with zero attached hydrogens (tertiary/aromatic N) is 5. The lowest BCUT2D eigenvalue weighted by molar-refractivity contribution is -0.157. The molecule has 0 spiro atoms. The molecule has 0 radical (unpaired) electrons. The summed E-state index contributed by atoms with van der Waals surface area (Å²) < 4.78 is 14.8. The Morgan fingerprint density at radius 1 is 1.07 bits per heavy atom. The second kappa shape index (κ2) is 10.7. The van der Waals surface area contributed by atoms with Gasteiger partial charge in [0.25, 0.3) is 5.91 Å². The average molecular weight is 559 g/mol. The van der Waals surface area contributed by atoms with Crippen LogP contribution in [0.1, 0.15) is 22.7 Å². The van der Waals surface area contributed by atoms with Gasteiger partial charge >= 0.3 is 6.03 Å². The first kappa shape index (κ1) is 25.9. The van der Waals surface area contributed by atoms with Crippen molar-refractivity contribution in [2.45, 2.75) is 25.3 Å². The topological polar surface area (TPSA) is 89.1 Å². The van der Waals surface area contributed by atoms with E-state index in [2.05, 4.69) is 10.3 Å². The molecule has 9 nitrogen and oxygen atoms in total. The minimum atomic E-state index is -0.857. The number of aromatic nitrogens is 1. The number of urea groups is 1. The van der Waals surface area contributed by atoms with Crippen molar-refractivity contribution < 1.29 is 18.8 Å². The van der Waals surface area contributed by atoms with Crippen LogP contribution in [0.3, 0.4) is 0 Å². The summed E-state index contributed by atoms with van der Waals surface area (Å²) in [6.07, 6.45) is -0.575. The molecule has 4 amide bonds. The van der Waals surface area contributed by atoms with E-state index in [0.717, 1.165) is 11.1 Å². The van der Waals surface area contributed by atoms with E-state index in [9.17, 15) is 18.8 Å². The number of hydrogen-bond acceptors (Lipinski definition) is 6. The van der Waals surface area contributed by atoms with Crippen LogP contribution in [-0.4, -0.2) is 69.0 Å². The van der Waals surface area contributed by atoms with Crippen molar-refractivity contribution in [1.82, 2.24) is 30.1 Å². The Bertz CT molecular complexity index is 1570. The predicted octanol–water partition coefficient (Wildman–Crippen LogP) is 3.75. The first-order valence-corrected chi connectivity index (χ1v) is 13.8. The van der Waals surface area contributed by atoms with Crippen molar-refractivity contribution in [1.29, 1.82) is 0 Å². The van der Waals surface area contributed by atoms with Crippen molar-refractivity contribution >= 4 is 39.4 Å². The lowest BCUT2D eigenvalue weighted by Crippen LogP contribution is -2.62. The van der Waals surface area contributed by atoms with Gasteiger partial charge in [-0.2, -0.15) is 5.01 Å². The number of piperazine rings is 1. The number of halogens is 1. The maximum absolute atomic E-state index is 14.3. The fourth-order valence-electron chi connectivity index (χ4n) is 5.41. The number of benzene rings is 3. The summed E-state index contributed by atoms with van der Waals surface area (Å²) >= 11 is 1.21. The first-order valence-electron chi connectivity index (χ1n) is 12.9. The number of nitrogens with one attached hydrogen (secondary N) is 1. The summed E-state index contributed by atoms with van der Waals surface area (Å²) in [5.41, 5.74) is 4.47. The maximum Gasteiger partial charge on any atom is 0.332 e. The Labute approximate surface area is 234 Å². The molecular formula is C29H27FN6O3S. The normalized spacial score (nSPS) is 19.2. The van der Waals surface area contributed by atoms with E-state index in [1.165, 1.54) is 22.4 Å². The highest BCUT2D eigenvalue weighted by Crippen LogP contribution is 2.36. The molecule has 2 aliphatic rings. The third kappa shape index (κ3) is 4.67. The molecule has 2 aliphatic heterocycles. The van der Waals surface area contributed by atoms with Crippen molar-refractivity contribution in [3.05, 3.63) is 101 Å². The molecule has 204 valence electrons. The number of carbonyl (C=O) groups is 3. The fourth-order valence-corrected chi connectivity index (χ4v) is 6.15. The lowest BCUT2D eigenvalue weighted by atomic mass is 10.00.